The average molecular weight is 243 g/mol. The summed E-state index contributed by atoms with van der Waals surface area (Å²) in [6, 6.07) is 11.9. The van der Waals surface area contributed by atoms with Gasteiger partial charge in [-0.05, 0) is 43.2 Å². The Morgan fingerprint density at radius 3 is 2.72 bits per heavy atom. The van der Waals surface area contributed by atoms with Crippen molar-refractivity contribution in [2.45, 2.75) is 51.6 Å². The standard InChI is InChI=1S/C17H25N/c1-14-7-5-11-17-16(14)10-6-12-18(17)13-15-8-3-2-4-9-15/h2-4,8-9,14,16-17H,5-7,10-13H2,1H3/t14-,16-,17+/m0/s1. The molecular formula is C17H25N. The summed E-state index contributed by atoms with van der Waals surface area (Å²) in [4.78, 5) is 2.76. The Labute approximate surface area is 111 Å². The van der Waals surface area contributed by atoms with Gasteiger partial charge in [0.2, 0.25) is 0 Å². The summed E-state index contributed by atoms with van der Waals surface area (Å²) in [7, 11) is 0. The first kappa shape index (κ1) is 12.2. The maximum atomic E-state index is 2.76. The van der Waals surface area contributed by atoms with E-state index >= 15 is 0 Å². The van der Waals surface area contributed by atoms with E-state index in [1.165, 1.54) is 44.2 Å². The number of nitrogens with zero attached hydrogens (tertiary/aromatic N) is 1. The molecule has 1 aliphatic heterocycles. The molecule has 1 aromatic carbocycles. The Balaban J connectivity index is 1.71. The molecule has 0 spiro atoms. The second-order valence-electron chi connectivity index (χ2n) is 6.24. The van der Waals surface area contributed by atoms with Gasteiger partial charge in [-0.15, -0.1) is 0 Å². The number of hydrogen-bond donors (Lipinski definition) is 0. The molecule has 3 atom stereocenters. The van der Waals surface area contributed by atoms with Crippen molar-refractivity contribution in [2.24, 2.45) is 11.8 Å². The third-order valence-corrected chi connectivity index (χ3v) is 5.06. The van der Waals surface area contributed by atoms with Crippen LogP contribution in [-0.4, -0.2) is 17.5 Å². The third kappa shape index (κ3) is 2.47. The number of benzene rings is 1. The second kappa shape index (κ2) is 5.44. The van der Waals surface area contributed by atoms with Crippen molar-refractivity contribution >= 4 is 0 Å². The van der Waals surface area contributed by atoms with Crippen LogP contribution >= 0.6 is 0 Å². The quantitative estimate of drug-likeness (QED) is 0.756. The van der Waals surface area contributed by atoms with Crippen LogP contribution in [0, 0.1) is 11.8 Å². The molecule has 1 heterocycles. The lowest BCUT2D eigenvalue weighted by atomic mass is 9.72. The SMILES string of the molecule is C[C@H]1CCC[C@@H]2[C@H]1CCCN2Cc1ccccc1. The fourth-order valence-corrected chi connectivity index (χ4v) is 4.10. The van der Waals surface area contributed by atoms with Gasteiger partial charge in [0.25, 0.3) is 0 Å². The normalized spacial score (nSPS) is 33.1. The number of piperidine rings is 1. The largest absolute Gasteiger partial charge is 0.296 e. The summed E-state index contributed by atoms with van der Waals surface area (Å²) in [6.07, 6.45) is 7.20. The molecule has 3 rings (SSSR count). The van der Waals surface area contributed by atoms with E-state index in [-0.39, 0.29) is 0 Å². The van der Waals surface area contributed by atoms with Crippen molar-refractivity contribution in [3.05, 3.63) is 35.9 Å². The fraction of sp³-hybridized carbons (Fsp3) is 0.647. The lowest BCUT2D eigenvalue weighted by Gasteiger charge is -2.47. The number of fused-ring (bicyclic) bond motifs is 1. The molecule has 1 nitrogen and oxygen atoms in total. The highest BCUT2D eigenvalue weighted by molar-refractivity contribution is 5.15. The number of likely N-dealkylation sites (tertiary alicyclic amines) is 1. The topological polar surface area (TPSA) is 3.24 Å². The van der Waals surface area contributed by atoms with E-state index in [1.807, 2.05) is 0 Å². The first-order chi connectivity index (χ1) is 8.84. The van der Waals surface area contributed by atoms with Gasteiger partial charge >= 0.3 is 0 Å². The summed E-state index contributed by atoms with van der Waals surface area (Å²) >= 11 is 0. The maximum absolute atomic E-state index is 2.76. The van der Waals surface area contributed by atoms with Gasteiger partial charge in [0, 0.05) is 12.6 Å². The van der Waals surface area contributed by atoms with Crippen molar-refractivity contribution in [3.63, 3.8) is 0 Å². The average Bonchev–Trinajstić information content (AvgIpc) is 2.41. The van der Waals surface area contributed by atoms with Crippen LogP contribution in [0.2, 0.25) is 0 Å². The first-order valence-corrected chi connectivity index (χ1v) is 7.62. The van der Waals surface area contributed by atoms with Gasteiger partial charge in [-0.3, -0.25) is 4.90 Å². The lowest BCUT2D eigenvalue weighted by Crippen LogP contribution is -2.48. The second-order valence-corrected chi connectivity index (χ2v) is 6.24. The highest BCUT2D eigenvalue weighted by Crippen LogP contribution is 2.39. The van der Waals surface area contributed by atoms with Crippen molar-refractivity contribution in [1.82, 2.24) is 4.90 Å². The summed E-state index contributed by atoms with van der Waals surface area (Å²) < 4.78 is 0. The van der Waals surface area contributed by atoms with Crippen LogP contribution in [0.15, 0.2) is 30.3 Å². The highest BCUT2D eigenvalue weighted by Gasteiger charge is 2.36. The minimum Gasteiger partial charge on any atom is -0.296 e. The van der Waals surface area contributed by atoms with Crippen LogP contribution in [0.5, 0.6) is 0 Å². The van der Waals surface area contributed by atoms with E-state index in [9.17, 15) is 0 Å². The predicted molar refractivity (Wildman–Crippen MR) is 76.4 cm³/mol. The molecule has 0 aromatic heterocycles. The van der Waals surface area contributed by atoms with E-state index < -0.39 is 0 Å². The van der Waals surface area contributed by atoms with Crippen molar-refractivity contribution < 1.29 is 0 Å². The minimum atomic E-state index is 0.864. The molecule has 1 aromatic rings. The predicted octanol–water partition coefficient (Wildman–Crippen LogP) is 4.09. The molecule has 1 saturated heterocycles. The van der Waals surface area contributed by atoms with Crippen molar-refractivity contribution in [3.8, 4) is 0 Å². The van der Waals surface area contributed by atoms with E-state index in [2.05, 4.69) is 42.2 Å². The maximum Gasteiger partial charge on any atom is 0.0236 e. The Bertz CT molecular complexity index is 372. The van der Waals surface area contributed by atoms with Crippen LogP contribution < -0.4 is 0 Å². The molecule has 98 valence electrons. The van der Waals surface area contributed by atoms with Crippen molar-refractivity contribution in [1.29, 1.82) is 0 Å². The van der Waals surface area contributed by atoms with Crippen LogP contribution in [0.1, 0.15) is 44.6 Å². The van der Waals surface area contributed by atoms with Crippen LogP contribution in [0.4, 0.5) is 0 Å². The molecule has 1 aliphatic carbocycles. The minimum absolute atomic E-state index is 0.864. The number of rotatable bonds is 2. The van der Waals surface area contributed by atoms with E-state index in [0.717, 1.165) is 24.4 Å². The molecule has 1 heteroatoms. The van der Waals surface area contributed by atoms with E-state index in [1.54, 1.807) is 0 Å². The van der Waals surface area contributed by atoms with Crippen molar-refractivity contribution in [2.75, 3.05) is 6.54 Å². The van der Waals surface area contributed by atoms with Gasteiger partial charge in [-0.2, -0.15) is 0 Å². The molecular weight excluding hydrogens is 218 g/mol. The fourth-order valence-electron chi connectivity index (χ4n) is 4.10. The van der Waals surface area contributed by atoms with Crippen LogP contribution in [0.25, 0.3) is 0 Å². The highest BCUT2D eigenvalue weighted by atomic mass is 15.2. The Morgan fingerprint density at radius 1 is 1.06 bits per heavy atom. The monoisotopic (exact) mass is 243 g/mol. The summed E-state index contributed by atoms with van der Waals surface area (Å²) in [5, 5.41) is 0. The zero-order valence-corrected chi connectivity index (χ0v) is 11.5. The molecule has 0 bridgehead atoms. The van der Waals surface area contributed by atoms with Gasteiger partial charge < -0.3 is 0 Å². The lowest BCUT2D eigenvalue weighted by molar-refractivity contribution is 0.0259. The zero-order chi connectivity index (χ0) is 12.4. The Morgan fingerprint density at radius 2 is 1.89 bits per heavy atom. The van der Waals surface area contributed by atoms with Gasteiger partial charge in [-0.1, -0.05) is 50.1 Å². The van der Waals surface area contributed by atoms with E-state index in [0.29, 0.717) is 0 Å². The van der Waals surface area contributed by atoms with Gasteiger partial charge in [0.15, 0.2) is 0 Å². The Kier molecular flexibility index (Phi) is 3.69. The van der Waals surface area contributed by atoms with Gasteiger partial charge in [0.1, 0.15) is 0 Å². The summed E-state index contributed by atoms with van der Waals surface area (Å²) in [6.45, 7) is 4.94. The van der Waals surface area contributed by atoms with E-state index in [4.69, 9.17) is 0 Å². The molecule has 0 unspecified atom stereocenters. The molecule has 0 radical (unpaired) electrons. The molecule has 18 heavy (non-hydrogen) atoms. The molecule has 2 aliphatic rings. The molecule has 0 N–H and O–H groups in total. The van der Waals surface area contributed by atoms with Gasteiger partial charge in [-0.25, -0.2) is 0 Å². The first-order valence-electron chi connectivity index (χ1n) is 7.62. The zero-order valence-electron chi connectivity index (χ0n) is 11.5. The third-order valence-electron chi connectivity index (χ3n) is 5.06. The summed E-state index contributed by atoms with van der Waals surface area (Å²) in [5.74, 6) is 1.92. The smallest absolute Gasteiger partial charge is 0.0236 e. The molecule has 1 saturated carbocycles. The molecule has 0 amide bonds. The van der Waals surface area contributed by atoms with Gasteiger partial charge in [0.05, 0.1) is 0 Å². The van der Waals surface area contributed by atoms with Crippen LogP contribution in [-0.2, 0) is 6.54 Å². The molecule has 2 fully saturated rings. The summed E-state index contributed by atoms with van der Waals surface area (Å²) in [5.41, 5.74) is 1.48. The Hall–Kier alpha value is -0.820. The number of hydrogen-bond acceptors (Lipinski definition) is 1. The van der Waals surface area contributed by atoms with Crippen LogP contribution in [0.3, 0.4) is 0 Å².